The van der Waals surface area contributed by atoms with Crippen LogP contribution >= 0.6 is 0 Å². The summed E-state index contributed by atoms with van der Waals surface area (Å²) >= 11 is 0. The summed E-state index contributed by atoms with van der Waals surface area (Å²) in [6.07, 6.45) is 1.07. The minimum absolute atomic E-state index is 1.07. The van der Waals surface area contributed by atoms with Crippen molar-refractivity contribution in [2.75, 3.05) is 0 Å². The molecule has 0 aliphatic rings. The van der Waals surface area contributed by atoms with Gasteiger partial charge in [-0.1, -0.05) is 43.3 Å². The van der Waals surface area contributed by atoms with Crippen molar-refractivity contribution in [1.82, 2.24) is 0 Å². The zero-order valence-corrected chi connectivity index (χ0v) is 10.3. The summed E-state index contributed by atoms with van der Waals surface area (Å²) in [4.78, 5) is 0. The summed E-state index contributed by atoms with van der Waals surface area (Å²) < 4.78 is 0. The van der Waals surface area contributed by atoms with E-state index < -0.39 is 0 Å². The Kier molecular flexibility index (Phi) is 1.90. The molecule has 18 heavy (non-hydrogen) atoms. The van der Waals surface area contributed by atoms with Crippen molar-refractivity contribution in [2.24, 2.45) is 0 Å². The summed E-state index contributed by atoms with van der Waals surface area (Å²) in [5.41, 5.74) is 1.43. The summed E-state index contributed by atoms with van der Waals surface area (Å²) in [5, 5.41) is 8.15. The normalized spacial score (nSPS) is 11.8. The second-order valence-corrected chi connectivity index (χ2v) is 4.87. The van der Waals surface area contributed by atoms with Crippen molar-refractivity contribution in [3.05, 3.63) is 60.2 Å². The fourth-order valence-electron chi connectivity index (χ4n) is 3.06. The fourth-order valence-corrected chi connectivity index (χ4v) is 3.06. The van der Waals surface area contributed by atoms with Gasteiger partial charge in [0, 0.05) is 0 Å². The van der Waals surface area contributed by atoms with Crippen molar-refractivity contribution in [3.63, 3.8) is 0 Å². The first-order valence-corrected chi connectivity index (χ1v) is 6.45. The third-order valence-electron chi connectivity index (χ3n) is 3.90. The van der Waals surface area contributed by atoms with E-state index in [9.17, 15) is 0 Å². The minimum Gasteiger partial charge on any atom is -0.0613 e. The molecule has 0 amide bonds. The molecule has 0 saturated carbocycles. The van der Waals surface area contributed by atoms with Crippen LogP contribution in [-0.2, 0) is 6.42 Å². The number of rotatable bonds is 1. The van der Waals surface area contributed by atoms with Gasteiger partial charge in [-0.2, -0.15) is 0 Å². The summed E-state index contributed by atoms with van der Waals surface area (Å²) in [7, 11) is 0. The average Bonchev–Trinajstić information content (AvgIpc) is 2.44. The minimum atomic E-state index is 1.07. The third kappa shape index (κ3) is 1.15. The van der Waals surface area contributed by atoms with Crippen LogP contribution in [0.25, 0.3) is 32.3 Å². The Morgan fingerprint density at radius 2 is 1.72 bits per heavy atom. The van der Waals surface area contributed by atoms with E-state index in [4.69, 9.17) is 0 Å². The Balaban J connectivity index is 2.43. The number of benzene rings is 4. The van der Waals surface area contributed by atoms with Crippen LogP contribution in [0.1, 0.15) is 12.5 Å². The van der Waals surface area contributed by atoms with Crippen LogP contribution in [0.15, 0.2) is 48.5 Å². The number of hydrogen-bond acceptors (Lipinski definition) is 0. The molecule has 0 heteroatoms. The highest BCUT2D eigenvalue weighted by molar-refractivity contribution is 6.23. The van der Waals surface area contributed by atoms with E-state index in [0.717, 1.165) is 6.42 Å². The second-order valence-electron chi connectivity index (χ2n) is 4.87. The summed E-state index contributed by atoms with van der Waals surface area (Å²) in [5.74, 6) is 0. The van der Waals surface area contributed by atoms with E-state index in [1.165, 1.54) is 37.9 Å². The highest BCUT2D eigenvalue weighted by atomic mass is 14.1. The lowest BCUT2D eigenvalue weighted by Crippen LogP contribution is -1.89. The highest BCUT2D eigenvalue weighted by Crippen LogP contribution is 2.36. The molecular formula is C18H13. The van der Waals surface area contributed by atoms with Crippen LogP contribution in [0, 0.1) is 6.07 Å². The van der Waals surface area contributed by atoms with Gasteiger partial charge >= 0.3 is 0 Å². The molecule has 85 valence electrons. The molecule has 0 nitrogen and oxygen atoms in total. The quantitative estimate of drug-likeness (QED) is 0.405. The summed E-state index contributed by atoms with van der Waals surface area (Å²) in [6, 6.07) is 20.8. The van der Waals surface area contributed by atoms with Crippen LogP contribution in [0.2, 0.25) is 0 Å². The molecule has 0 aliphatic carbocycles. The predicted octanol–water partition coefficient (Wildman–Crippen LogP) is 4.95. The molecule has 0 saturated heterocycles. The molecule has 0 heterocycles. The van der Waals surface area contributed by atoms with Gasteiger partial charge in [-0.3, -0.25) is 0 Å². The van der Waals surface area contributed by atoms with Crippen molar-refractivity contribution in [2.45, 2.75) is 13.3 Å². The zero-order valence-electron chi connectivity index (χ0n) is 10.3. The van der Waals surface area contributed by atoms with Crippen molar-refractivity contribution >= 4 is 32.3 Å². The molecule has 0 bridgehead atoms. The maximum absolute atomic E-state index is 3.25. The van der Waals surface area contributed by atoms with Gasteiger partial charge in [0.1, 0.15) is 0 Å². The SMILES string of the molecule is CCc1cc2c[c]cc3ccc4cccc1c4c32. The molecule has 0 fully saturated rings. The maximum Gasteiger partial charge on any atom is -0.00240 e. The highest BCUT2D eigenvalue weighted by Gasteiger charge is 2.10. The van der Waals surface area contributed by atoms with Gasteiger partial charge in [0.2, 0.25) is 0 Å². The molecular weight excluding hydrogens is 216 g/mol. The van der Waals surface area contributed by atoms with E-state index in [1.807, 2.05) is 0 Å². The van der Waals surface area contributed by atoms with Crippen molar-refractivity contribution < 1.29 is 0 Å². The Morgan fingerprint density at radius 1 is 0.889 bits per heavy atom. The lowest BCUT2D eigenvalue weighted by atomic mass is 9.91. The second kappa shape index (κ2) is 3.46. The van der Waals surface area contributed by atoms with E-state index >= 15 is 0 Å². The van der Waals surface area contributed by atoms with Gasteiger partial charge in [0.25, 0.3) is 0 Å². The molecule has 1 radical (unpaired) electrons. The predicted molar refractivity (Wildman–Crippen MR) is 78.4 cm³/mol. The molecule has 0 aromatic heterocycles. The molecule has 4 rings (SSSR count). The molecule has 4 aromatic carbocycles. The van der Waals surface area contributed by atoms with Crippen molar-refractivity contribution in [3.8, 4) is 0 Å². The van der Waals surface area contributed by atoms with Gasteiger partial charge < -0.3 is 0 Å². The first-order valence-electron chi connectivity index (χ1n) is 6.45. The van der Waals surface area contributed by atoms with E-state index in [0.29, 0.717) is 0 Å². The Hall–Kier alpha value is -2.08. The molecule has 0 spiro atoms. The number of hydrogen-bond donors (Lipinski definition) is 0. The van der Waals surface area contributed by atoms with E-state index in [2.05, 4.69) is 61.5 Å². The van der Waals surface area contributed by atoms with Crippen LogP contribution in [0.5, 0.6) is 0 Å². The zero-order chi connectivity index (χ0) is 12.1. The Labute approximate surface area is 106 Å². The molecule has 4 aromatic rings. The van der Waals surface area contributed by atoms with Crippen LogP contribution in [0.4, 0.5) is 0 Å². The smallest absolute Gasteiger partial charge is 0.00240 e. The van der Waals surface area contributed by atoms with Gasteiger partial charge in [0.05, 0.1) is 0 Å². The fraction of sp³-hybridized carbons (Fsp3) is 0.111. The van der Waals surface area contributed by atoms with Crippen molar-refractivity contribution in [1.29, 1.82) is 0 Å². The topological polar surface area (TPSA) is 0 Å². The monoisotopic (exact) mass is 229 g/mol. The maximum atomic E-state index is 3.25. The Bertz CT molecular complexity index is 856. The van der Waals surface area contributed by atoms with Gasteiger partial charge in [-0.15, -0.1) is 0 Å². The number of aryl methyl sites for hydroxylation is 1. The van der Waals surface area contributed by atoms with Crippen LogP contribution in [0.3, 0.4) is 0 Å². The van der Waals surface area contributed by atoms with Gasteiger partial charge in [-0.25, -0.2) is 0 Å². The first kappa shape index (κ1) is 9.90. The van der Waals surface area contributed by atoms with Gasteiger partial charge in [0.15, 0.2) is 0 Å². The average molecular weight is 229 g/mol. The van der Waals surface area contributed by atoms with Crippen LogP contribution in [-0.4, -0.2) is 0 Å². The lowest BCUT2D eigenvalue weighted by Gasteiger charge is -2.13. The van der Waals surface area contributed by atoms with E-state index in [1.54, 1.807) is 0 Å². The molecule has 0 N–H and O–H groups in total. The lowest BCUT2D eigenvalue weighted by molar-refractivity contribution is 1.16. The molecule has 0 unspecified atom stereocenters. The largest absolute Gasteiger partial charge is 0.0613 e. The van der Waals surface area contributed by atoms with Gasteiger partial charge in [-0.05, 0) is 62.5 Å². The van der Waals surface area contributed by atoms with Crippen LogP contribution < -0.4 is 0 Å². The summed E-state index contributed by atoms with van der Waals surface area (Å²) in [6.45, 7) is 2.22. The first-order chi connectivity index (χ1) is 8.88. The standard InChI is InChI=1S/C18H13/c1-2-12-11-15-7-3-5-13-9-10-14-6-4-8-16(12)18(14)17(13)15/h4-11H,2H2,1H3. The Morgan fingerprint density at radius 3 is 2.61 bits per heavy atom. The molecule has 0 atom stereocenters. The third-order valence-corrected chi connectivity index (χ3v) is 3.90. The molecule has 0 aliphatic heterocycles. The van der Waals surface area contributed by atoms with E-state index in [-0.39, 0.29) is 0 Å².